The van der Waals surface area contributed by atoms with Gasteiger partial charge in [0, 0.05) is 0 Å². The van der Waals surface area contributed by atoms with Crippen LogP contribution in [0.2, 0.25) is 0 Å². The first-order chi connectivity index (χ1) is 10.3. The number of carbonyl (C=O) groups is 1. The topological polar surface area (TPSA) is 92.7 Å². The number of anilines is 1. The zero-order valence-electron chi connectivity index (χ0n) is 11.4. The van der Waals surface area contributed by atoms with Crippen LogP contribution < -0.4 is 9.46 Å². The van der Waals surface area contributed by atoms with Crippen LogP contribution in [0.1, 0.15) is 10.4 Å². The number of carboxylic acid groups (broad SMARTS) is 1. The Morgan fingerprint density at radius 1 is 1.23 bits per heavy atom. The Morgan fingerprint density at radius 2 is 1.95 bits per heavy atom. The molecule has 0 fully saturated rings. The summed E-state index contributed by atoms with van der Waals surface area (Å²) in [4.78, 5) is 10.6. The largest absolute Gasteiger partial charge is 0.495 e. The van der Waals surface area contributed by atoms with E-state index in [-0.39, 0.29) is 21.9 Å². The van der Waals surface area contributed by atoms with E-state index in [9.17, 15) is 17.6 Å². The maximum Gasteiger partial charge on any atom is 0.335 e. The molecule has 6 nitrogen and oxygen atoms in total. The zero-order chi connectivity index (χ0) is 16.3. The molecule has 0 radical (unpaired) electrons. The highest BCUT2D eigenvalue weighted by atomic mass is 32.2. The number of ether oxygens (including phenoxy) is 1. The Labute approximate surface area is 126 Å². The van der Waals surface area contributed by atoms with E-state index in [2.05, 4.69) is 4.72 Å². The van der Waals surface area contributed by atoms with Crippen molar-refractivity contribution in [3.05, 3.63) is 53.8 Å². The van der Waals surface area contributed by atoms with Crippen molar-refractivity contribution in [1.29, 1.82) is 0 Å². The van der Waals surface area contributed by atoms with Crippen LogP contribution in [-0.4, -0.2) is 26.6 Å². The molecule has 0 aromatic heterocycles. The minimum Gasteiger partial charge on any atom is -0.495 e. The number of carboxylic acids is 1. The summed E-state index contributed by atoms with van der Waals surface area (Å²) in [5.74, 6) is -1.90. The molecule has 0 aliphatic heterocycles. The first kappa shape index (κ1) is 15.8. The summed E-state index contributed by atoms with van der Waals surface area (Å²) < 4.78 is 45.0. The molecule has 0 saturated carbocycles. The van der Waals surface area contributed by atoms with Crippen molar-refractivity contribution >= 4 is 21.7 Å². The third-order valence-electron chi connectivity index (χ3n) is 2.78. The molecule has 22 heavy (non-hydrogen) atoms. The number of sulfonamides is 1. The number of nitrogens with one attached hydrogen (secondary N) is 1. The molecule has 0 bridgehead atoms. The number of rotatable bonds is 5. The fourth-order valence-corrected chi connectivity index (χ4v) is 3.03. The lowest BCUT2D eigenvalue weighted by atomic mass is 10.2. The van der Waals surface area contributed by atoms with Crippen LogP contribution in [0, 0.1) is 5.82 Å². The molecule has 0 unspecified atom stereocenters. The van der Waals surface area contributed by atoms with Crippen molar-refractivity contribution in [3.63, 3.8) is 0 Å². The van der Waals surface area contributed by atoms with Gasteiger partial charge in [0.1, 0.15) is 16.5 Å². The first-order valence-corrected chi connectivity index (χ1v) is 7.51. The van der Waals surface area contributed by atoms with Crippen LogP contribution >= 0.6 is 0 Å². The monoisotopic (exact) mass is 325 g/mol. The van der Waals surface area contributed by atoms with E-state index in [1.807, 2.05) is 0 Å². The van der Waals surface area contributed by atoms with E-state index in [1.165, 1.54) is 37.4 Å². The number of benzene rings is 2. The lowest BCUT2D eigenvalue weighted by Gasteiger charge is -2.12. The van der Waals surface area contributed by atoms with Crippen molar-refractivity contribution in [2.75, 3.05) is 11.8 Å². The van der Waals surface area contributed by atoms with Gasteiger partial charge in [-0.05, 0) is 36.4 Å². The smallest absolute Gasteiger partial charge is 0.335 e. The normalized spacial score (nSPS) is 11.0. The molecule has 0 atom stereocenters. The number of hydrogen-bond acceptors (Lipinski definition) is 4. The average molecular weight is 325 g/mol. The summed E-state index contributed by atoms with van der Waals surface area (Å²) in [6.07, 6.45) is 0. The van der Waals surface area contributed by atoms with Crippen LogP contribution in [0.4, 0.5) is 10.1 Å². The van der Waals surface area contributed by atoms with Crippen LogP contribution in [0.5, 0.6) is 5.75 Å². The molecule has 2 aromatic rings. The minimum absolute atomic E-state index is 0.0165. The summed E-state index contributed by atoms with van der Waals surface area (Å²) in [7, 11) is -2.87. The Bertz CT molecular complexity index is 820. The predicted octanol–water partition coefficient (Wildman–Crippen LogP) is 2.33. The number of hydrogen-bond donors (Lipinski definition) is 2. The van der Waals surface area contributed by atoms with Crippen LogP contribution in [0.25, 0.3) is 0 Å². The molecule has 2 aromatic carbocycles. The average Bonchev–Trinajstić information content (AvgIpc) is 2.46. The SMILES string of the molecule is COc1ccc(C(=O)O)cc1S(=O)(=O)Nc1cccc(F)c1. The van der Waals surface area contributed by atoms with Gasteiger partial charge in [0.25, 0.3) is 10.0 Å². The molecule has 0 heterocycles. The van der Waals surface area contributed by atoms with E-state index in [1.54, 1.807) is 0 Å². The van der Waals surface area contributed by atoms with E-state index >= 15 is 0 Å². The fourth-order valence-electron chi connectivity index (χ4n) is 1.78. The highest BCUT2D eigenvalue weighted by molar-refractivity contribution is 7.92. The molecule has 0 aliphatic carbocycles. The van der Waals surface area contributed by atoms with E-state index in [0.717, 1.165) is 12.1 Å². The highest BCUT2D eigenvalue weighted by Crippen LogP contribution is 2.27. The van der Waals surface area contributed by atoms with E-state index < -0.39 is 21.8 Å². The number of methoxy groups -OCH3 is 1. The molecule has 2 N–H and O–H groups in total. The van der Waals surface area contributed by atoms with Crippen molar-refractivity contribution in [1.82, 2.24) is 0 Å². The molecule has 0 amide bonds. The van der Waals surface area contributed by atoms with Gasteiger partial charge in [0.2, 0.25) is 0 Å². The quantitative estimate of drug-likeness (QED) is 0.880. The standard InChI is InChI=1S/C14H12FNO5S/c1-21-12-6-5-9(14(17)18)7-13(12)22(19,20)16-11-4-2-3-10(15)8-11/h2-8,16H,1H3,(H,17,18). The van der Waals surface area contributed by atoms with Crippen LogP contribution in [0.3, 0.4) is 0 Å². The number of aromatic carboxylic acids is 1. The third-order valence-corrected chi connectivity index (χ3v) is 4.18. The van der Waals surface area contributed by atoms with Gasteiger partial charge in [-0.2, -0.15) is 0 Å². The van der Waals surface area contributed by atoms with Gasteiger partial charge in [-0.3, -0.25) is 4.72 Å². The maximum absolute atomic E-state index is 13.1. The first-order valence-electron chi connectivity index (χ1n) is 6.03. The van der Waals surface area contributed by atoms with Crippen LogP contribution in [-0.2, 0) is 10.0 Å². The fraction of sp³-hybridized carbons (Fsp3) is 0.0714. The van der Waals surface area contributed by atoms with Gasteiger partial charge in [-0.15, -0.1) is 0 Å². The molecule has 0 spiro atoms. The Kier molecular flexibility index (Phi) is 4.32. The van der Waals surface area contributed by atoms with Gasteiger partial charge in [-0.1, -0.05) is 6.07 Å². The molecular weight excluding hydrogens is 313 g/mol. The van der Waals surface area contributed by atoms with Gasteiger partial charge < -0.3 is 9.84 Å². The summed E-state index contributed by atoms with van der Waals surface area (Å²) in [5.41, 5.74) is -0.191. The van der Waals surface area contributed by atoms with Gasteiger partial charge >= 0.3 is 5.97 Å². The molecule has 2 rings (SSSR count). The Balaban J connectivity index is 2.48. The van der Waals surface area contributed by atoms with Gasteiger partial charge in [0.15, 0.2) is 0 Å². The van der Waals surface area contributed by atoms with Gasteiger partial charge in [-0.25, -0.2) is 17.6 Å². The lowest BCUT2D eigenvalue weighted by Crippen LogP contribution is -2.15. The summed E-state index contributed by atoms with van der Waals surface area (Å²) in [6, 6.07) is 8.33. The molecule has 8 heteroatoms. The van der Waals surface area contributed by atoms with Crippen molar-refractivity contribution in [3.8, 4) is 5.75 Å². The predicted molar refractivity (Wildman–Crippen MR) is 77.2 cm³/mol. The summed E-state index contributed by atoms with van der Waals surface area (Å²) in [6.45, 7) is 0. The Hall–Kier alpha value is -2.61. The molecule has 116 valence electrons. The minimum atomic E-state index is -4.13. The second-order valence-electron chi connectivity index (χ2n) is 4.29. The highest BCUT2D eigenvalue weighted by Gasteiger charge is 2.22. The maximum atomic E-state index is 13.1. The molecular formula is C14H12FNO5S. The summed E-state index contributed by atoms with van der Waals surface area (Å²) in [5, 5.41) is 8.96. The summed E-state index contributed by atoms with van der Waals surface area (Å²) >= 11 is 0. The van der Waals surface area contributed by atoms with E-state index in [4.69, 9.17) is 9.84 Å². The second-order valence-corrected chi connectivity index (χ2v) is 5.94. The van der Waals surface area contributed by atoms with E-state index in [0.29, 0.717) is 0 Å². The zero-order valence-corrected chi connectivity index (χ0v) is 12.2. The van der Waals surface area contributed by atoms with Crippen LogP contribution in [0.15, 0.2) is 47.4 Å². The van der Waals surface area contributed by atoms with Crippen molar-refractivity contribution in [2.24, 2.45) is 0 Å². The third kappa shape index (κ3) is 3.34. The Morgan fingerprint density at radius 3 is 2.55 bits per heavy atom. The van der Waals surface area contributed by atoms with Crippen molar-refractivity contribution < 1.29 is 27.4 Å². The second kappa shape index (κ2) is 6.02. The van der Waals surface area contributed by atoms with Gasteiger partial charge in [0.05, 0.1) is 18.4 Å². The lowest BCUT2D eigenvalue weighted by molar-refractivity contribution is 0.0696. The number of halogens is 1. The molecule has 0 saturated heterocycles. The molecule has 0 aliphatic rings. The van der Waals surface area contributed by atoms with Crippen molar-refractivity contribution in [2.45, 2.75) is 4.90 Å².